The second-order valence-electron chi connectivity index (χ2n) is 11.4. The quantitative estimate of drug-likeness (QED) is 0.495. The van der Waals surface area contributed by atoms with Gasteiger partial charge in [-0.15, -0.1) is 0 Å². The largest absolute Gasteiger partial charge is 0.456 e. The van der Waals surface area contributed by atoms with Crippen molar-refractivity contribution in [3.05, 3.63) is 12.2 Å². The van der Waals surface area contributed by atoms with Crippen molar-refractivity contribution < 1.29 is 24.2 Å². The first-order chi connectivity index (χ1) is 13.2. The van der Waals surface area contributed by atoms with Gasteiger partial charge in [-0.2, -0.15) is 0 Å². The summed E-state index contributed by atoms with van der Waals surface area (Å²) in [6, 6.07) is 0. The molecule has 0 heterocycles. The molecule has 0 aromatic carbocycles. The van der Waals surface area contributed by atoms with Crippen LogP contribution in [0, 0.1) is 22.2 Å². The first-order valence-corrected chi connectivity index (χ1v) is 11.0. The number of ether oxygens (including phenoxy) is 2. The Kier molecular flexibility index (Phi) is 5.26. The lowest BCUT2D eigenvalue weighted by Gasteiger charge is -2.71. The van der Waals surface area contributed by atoms with Crippen LogP contribution < -0.4 is 0 Å². The molecule has 1 N–H and O–H groups in total. The Balaban J connectivity index is 1.90. The Labute approximate surface area is 175 Å². The van der Waals surface area contributed by atoms with Crippen LogP contribution >= 0.6 is 0 Å². The molecule has 0 aliphatic heterocycles. The molecular weight excluding hydrogens is 368 g/mol. The van der Waals surface area contributed by atoms with Crippen molar-refractivity contribution in [1.82, 2.24) is 0 Å². The lowest BCUT2D eigenvalue weighted by atomic mass is 9.35. The van der Waals surface area contributed by atoms with Crippen molar-refractivity contribution >= 4 is 11.9 Å². The summed E-state index contributed by atoms with van der Waals surface area (Å²) >= 11 is 0. The molecule has 0 spiro atoms. The van der Waals surface area contributed by atoms with E-state index < -0.39 is 29.7 Å². The third kappa shape index (κ3) is 3.64. The minimum atomic E-state index is -0.842. The highest BCUT2D eigenvalue weighted by Crippen LogP contribution is 2.74. The number of carbonyl (C=O) groups excluding carboxylic acids is 2. The molecule has 4 fully saturated rings. The summed E-state index contributed by atoms with van der Waals surface area (Å²) < 4.78 is 11.1. The van der Waals surface area contributed by atoms with E-state index >= 15 is 0 Å². The summed E-state index contributed by atoms with van der Waals surface area (Å²) in [5.41, 5.74) is -1.29. The molecule has 5 nitrogen and oxygen atoms in total. The predicted octanol–water partition coefficient (Wildman–Crippen LogP) is 4.57. The fourth-order valence-electron chi connectivity index (χ4n) is 6.79. The zero-order valence-corrected chi connectivity index (χ0v) is 19.0. The Morgan fingerprint density at radius 3 is 2.21 bits per heavy atom. The van der Waals surface area contributed by atoms with Crippen molar-refractivity contribution in [1.29, 1.82) is 0 Å². The van der Waals surface area contributed by atoms with Gasteiger partial charge in [-0.3, -0.25) is 0 Å². The van der Waals surface area contributed by atoms with Gasteiger partial charge in [0.15, 0.2) is 6.61 Å². The zero-order chi connectivity index (χ0) is 21.9. The van der Waals surface area contributed by atoms with E-state index in [9.17, 15) is 14.7 Å². The molecule has 0 saturated heterocycles. The maximum Gasteiger partial charge on any atom is 0.344 e. The first kappa shape index (κ1) is 22.3. The minimum Gasteiger partial charge on any atom is -0.456 e. The van der Waals surface area contributed by atoms with Crippen molar-refractivity contribution in [2.75, 3.05) is 6.61 Å². The molecule has 164 valence electrons. The number of rotatable bonds is 7. The smallest absolute Gasteiger partial charge is 0.344 e. The summed E-state index contributed by atoms with van der Waals surface area (Å²) in [5, 5.41) is 11.2. The highest BCUT2D eigenvalue weighted by molar-refractivity contribution is 5.88. The van der Waals surface area contributed by atoms with Gasteiger partial charge in [-0.25, -0.2) is 9.59 Å². The molecular formula is C24H38O5. The SMILES string of the molecule is C=C(C)C(=O)OCC(=O)OC12CC3CC(C(C)(C)O)(C1)CC(C(C)(C)CC)(C3)C2. The number of esters is 2. The predicted molar refractivity (Wildman–Crippen MR) is 111 cm³/mol. The summed E-state index contributed by atoms with van der Waals surface area (Å²) in [5.74, 6) is -0.643. The second kappa shape index (κ2) is 6.83. The Hall–Kier alpha value is -1.36. The van der Waals surface area contributed by atoms with Crippen LogP contribution in [0.25, 0.3) is 0 Å². The summed E-state index contributed by atoms with van der Waals surface area (Å²) in [6.45, 7) is 15.4. The molecule has 4 unspecified atom stereocenters. The molecule has 5 heteroatoms. The van der Waals surface area contributed by atoms with Crippen LogP contribution in [0.3, 0.4) is 0 Å². The first-order valence-electron chi connectivity index (χ1n) is 11.0. The van der Waals surface area contributed by atoms with Gasteiger partial charge in [0.05, 0.1) is 5.60 Å². The summed E-state index contributed by atoms with van der Waals surface area (Å²) in [4.78, 5) is 24.3. The monoisotopic (exact) mass is 406 g/mol. The van der Waals surface area contributed by atoms with Crippen molar-refractivity contribution in [2.24, 2.45) is 22.2 Å². The van der Waals surface area contributed by atoms with E-state index in [1.165, 1.54) is 0 Å². The fourth-order valence-corrected chi connectivity index (χ4v) is 6.79. The van der Waals surface area contributed by atoms with Crippen molar-refractivity contribution in [3.8, 4) is 0 Å². The molecule has 0 amide bonds. The van der Waals surface area contributed by atoms with E-state index in [0.717, 1.165) is 38.5 Å². The molecule has 4 aliphatic rings. The van der Waals surface area contributed by atoms with Crippen LogP contribution in [-0.4, -0.2) is 34.9 Å². The summed E-state index contributed by atoms with van der Waals surface area (Å²) in [6.07, 6.45) is 6.49. The van der Waals surface area contributed by atoms with Crippen LogP contribution in [0.2, 0.25) is 0 Å². The third-order valence-corrected chi connectivity index (χ3v) is 8.63. The fraction of sp³-hybridized carbons (Fsp3) is 0.833. The number of carbonyl (C=O) groups is 2. The average Bonchev–Trinajstić information content (AvgIpc) is 2.56. The number of hydrogen-bond acceptors (Lipinski definition) is 5. The van der Waals surface area contributed by atoms with Gasteiger partial charge >= 0.3 is 11.9 Å². The van der Waals surface area contributed by atoms with Crippen LogP contribution in [-0.2, 0) is 19.1 Å². The highest BCUT2D eigenvalue weighted by Gasteiger charge is 2.70. The van der Waals surface area contributed by atoms with Gasteiger partial charge in [0, 0.05) is 11.0 Å². The van der Waals surface area contributed by atoms with Crippen molar-refractivity contribution in [3.63, 3.8) is 0 Å². The molecule has 4 rings (SSSR count). The maximum absolute atomic E-state index is 12.6. The van der Waals surface area contributed by atoms with E-state index in [4.69, 9.17) is 9.47 Å². The maximum atomic E-state index is 12.6. The van der Waals surface area contributed by atoms with Crippen molar-refractivity contribution in [2.45, 2.75) is 97.7 Å². The topological polar surface area (TPSA) is 72.8 Å². The molecule has 0 aromatic heterocycles. The van der Waals surface area contributed by atoms with Gasteiger partial charge < -0.3 is 14.6 Å². The number of aliphatic hydroxyl groups is 1. The Morgan fingerprint density at radius 1 is 1.07 bits per heavy atom. The van der Waals surface area contributed by atoms with Gasteiger partial charge in [-0.1, -0.05) is 33.8 Å². The lowest BCUT2D eigenvalue weighted by molar-refractivity contribution is -0.277. The van der Waals surface area contributed by atoms with E-state index in [0.29, 0.717) is 12.3 Å². The van der Waals surface area contributed by atoms with E-state index in [-0.39, 0.29) is 21.8 Å². The molecule has 0 radical (unpaired) electrons. The minimum absolute atomic E-state index is 0.0375. The normalized spacial score (nSPS) is 36.0. The standard InChI is InChI=1S/C24H38O5/c1-8-20(4,5)22-9-17-10-23(13-22,21(6,7)27)15-24(11-17,14-22)29-18(25)12-28-19(26)16(2)3/h17,27H,2,8-15H2,1,3-7H3. The summed E-state index contributed by atoms with van der Waals surface area (Å²) in [7, 11) is 0. The highest BCUT2D eigenvalue weighted by atomic mass is 16.6. The van der Waals surface area contributed by atoms with Gasteiger partial charge in [0.25, 0.3) is 0 Å². The molecule has 4 saturated carbocycles. The van der Waals surface area contributed by atoms with E-state index in [1.807, 2.05) is 13.8 Å². The molecule has 0 aromatic rings. The van der Waals surface area contributed by atoms with Gasteiger partial charge in [-0.05, 0) is 76.0 Å². The number of hydrogen-bond donors (Lipinski definition) is 1. The molecule has 4 aliphatic carbocycles. The Bertz CT molecular complexity index is 717. The molecule has 4 atom stereocenters. The van der Waals surface area contributed by atoms with Gasteiger partial charge in [0.1, 0.15) is 5.60 Å². The molecule has 29 heavy (non-hydrogen) atoms. The van der Waals surface area contributed by atoms with Crippen LogP contribution in [0.5, 0.6) is 0 Å². The third-order valence-electron chi connectivity index (χ3n) is 8.63. The average molecular weight is 407 g/mol. The second-order valence-corrected chi connectivity index (χ2v) is 11.4. The van der Waals surface area contributed by atoms with E-state index in [1.54, 1.807) is 6.92 Å². The van der Waals surface area contributed by atoms with E-state index in [2.05, 4.69) is 27.4 Å². The zero-order valence-electron chi connectivity index (χ0n) is 19.0. The van der Waals surface area contributed by atoms with Crippen LogP contribution in [0.1, 0.15) is 86.5 Å². The van der Waals surface area contributed by atoms with Crippen LogP contribution in [0.15, 0.2) is 12.2 Å². The Morgan fingerprint density at radius 2 is 1.66 bits per heavy atom. The van der Waals surface area contributed by atoms with Crippen LogP contribution in [0.4, 0.5) is 0 Å². The lowest BCUT2D eigenvalue weighted by Crippen LogP contribution is -2.69. The molecule has 4 bridgehead atoms. The van der Waals surface area contributed by atoms with Gasteiger partial charge in [0.2, 0.25) is 0 Å².